The first-order valence-corrected chi connectivity index (χ1v) is 21.3. The van der Waals surface area contributed by atoms with Crippen LogP contribution in [0.15, 0.2) is 109 Å². The van der Waals surface area contributed by atoms with Gasteiger partial charge in [0.2, 0.25) is 0 Å². The predicted molar refractivity (Wildman–Crippen MR) is 197 cm³/mol. The molecule has 0 aliphatic carbocycles. The fourth-order valence-corrected chi connectivity index (χ4v) is 19.4. The normalized spacial score (nSPS) is 14.1. The topological polar surface area (TPSA) is 9.72 Å². The molecule has 46 heavy (non-hydrogen) atoms. The van der Waals surface area contributed by atoms with Crippen LogP contribution in [0.5, 0.6) is 0 Å². The van der Waals surface area contributed by atoms with E-state index in [9.17, 15) is 0 Å². The summed E-state index contributed by atoms with van der Waals surface area (Å²) < 4.78 is 4.75. The van der Waals surface area contributed by atoms with E-state index in [1.807, 2.05) is 0 Å². The number of aryl methyl sites for hydroxylation is 6. The van der Waals surface area contributed by atoms with E-state index in [1.165, 1.54) is 84.6 Å². The van der Waals surface area contributed by atoms with Crippen molar-refractivity contribution in [2.24, 2.45) is 0 Å². The number of rotatable bonds is 3. The van der Waals surface area contributed by atoms with Crippen LogP contribution in [0.4, 0.5) is 51.2 Å². The Morgan fingerprint density at radius 3 is 0.739 bits per heavy atom. The number of nitrogens with zero attached hydrogens (tertiary/aromatic N) is 3. The van der Waals surface area contributed by atoms with Crippen molar-refractivity contribution in [3.63, 3.8) is 0 Å². The zero-order valence-electron chi connectivity index (χ0n) is 27.2. The first kappa shape index (κ1) is 27.9. The average Bonchev–Trinajstić information content (AvgIpc) is 3.02. The molecule has 3 nitrogen and oxygen atoms in total. The van der Waals surface area contributed by atoms with E-state index < -0.39 is 21.8 Å². The Kier molecular flexibility index (Phi) is 6.09. The molecule has 0 spiro atoms. The van der Waals surface area contributed by atoms with Gasteiger partial charge in [0.1, 0.15) is 0 Å². The molecule has 0 aromatic heterocycles. The molecular formula is C42H36BiN3. The summed E-state index contributed by atoms with van der Waals surface area (Å²) in [6, 6.07) is 42.1. The fraction of sp³-hybridized carbons (Fsp3) is 0.143. The standard InChI is InChI=1S/C42H36N3.Bi/c1-28-7-13-34(14-8-28)43-37-19-31(4)21-39(25-37)44(35-15-9-29(2)10-16-35)41-23-33(6)24-42(27-41)45(36-17-11-30(3)12-18-36)40-22-32(5)20-38(43)26-40;/h7-24H,1-6H3;. The van der Waals surface area contributed by atoms with E-state index in [1.54, 1.807) is 9.81 Å². The van der Waals surface area contributed by atoms with Gasteiger partial charge in [-0.3, -0.25) is 0 Å². The van der Waals surface area contributed by atoms with Gasteiger partial charge in [-0.2, -0.15) is 0 Å². The van der Waals surface area contributed by atoms with Crippen molar-refractivity contribution in [1.82, 2.24) is 0 Å². The van der Waals surface area contributed by atoms with Crippen LogP contribution in [0.1, 0.15) is 33.4 Å². The fourth-order valence-electron chi connectivity index (χ4n) is 7.57. The Balaban J connectivity index is 1.45. The molecule has 0 saturated carbocycles. The van der Waals surface area contributed by atoms with Crippen LogP contribution < -0.4 is 24.5 Å². The molecule has 3 aliphatic heterocycles. The summed E-state index contributed by atoms with van der Waals surface area (Å²) in [5, 5.41) is 0. The van der Waals surface area contributed by atoms with Gasteiger partial charge >= 0.3 is 282 Å². The summed E-state index contributed by atoms with van der Waals surface area (Å²) in [4.78, 5) is 7.73. The summed E-state index contributed by atoms with van der Waals surface area (Å²) in [7, 11) is 0. The second-order valence-corrected chi connectivity index (χ2v) is 21.1. The Morgan fingerprint density at radius 1 is 0.304 bits per heavy atom. The number of hydrogen-bond acceptors (Lipinski definition) is 3. The molecule has 6 aromatic rings. The number of anilines is 9. The zero-order valence-corrected chi connectivity index (χ0v) is 30.7. The zero-order chi connectivity index (χ0) is 31.4. The number of hydrogen-bond donors (Lipinski definition) is 0. The SMILES string of the molecule is Cc1ccc(N2c3cc(C)cc4[c]3[Bi]3[c]5c2cc(C)cc5N(c2ccc(C)cc2)c2cc(C)cc([c]23)N4c2ccc(C)cc2)cc1. The summed E-state index contributed by atoms with van der Waals surface area (Å²) in [5.41, 5.74) is 19.5. The van der Waals surface area contributed by atoms with E-state index in [0.29, 0.717) is 0 Å². The molecule has 0 fully saturated rings. The summed E-state index contributed by atoms with van der Waals surface area (Å²) in [6.45, 7) is 13.3. The van der Waals surface area contributed by atoms with E-state index in [2.05, 4.69) is 165 Å². The van der Waals surface area contributed by atoms with Gasteiger partial charge in [-0.1, -0.05) is 0 Å². The Morgan fingerprint density at radius 2 is 0.522 bits per heavy atom. The number of benzene rings is 6. The first-order chi connectivity index (χ1) is 22.3. The van der Waals surface area contributed by atoms with Crippen molar-refractivity contribution in [1.29, 1.82) is 0 Å². The molecule has 0 saturated heterocycles. The molecule has 3 heterocycles. The summed E-state index contributed by atoms with van der Waals surface area (Å²) >= 11 is -2.88. The quantitative estimate of drug-likeness (QED) is 0.165. The van der Waals surface area contributed by atoms with Crippen molar-refractivity contribution >= 4 is 82.8 Å². The van der Waals surface area contributed by atoms with Gasteiger partial charge in [-0.25, -0.2) is 0 Å². The minimum atomic E-state index is -2.88. The van der Waals surface area contributed by atoms with Gasteiger partial charge in [0.05, 0.1) is 0 Å². The molecule has 0 bridgehead atoms. The molecule has 224 valence electrons. The van der Waals surface area contributed by atoms with Crippen molar-refractivity contribution in [3.05, 3.63) is 143 Å². The van der Waals surface area contributed by atoms with Gasteiger partial charge < -0.3 is 0 Å². The van der Waals surface area contributed by atoms with Crippen LogP contribution in [0, 0.1) is 41.5 Å². The van der Waals surface area contributed by atoms with Crippen molar-refractivity contribution in [2.75, 3.05) is 14.7 Å². The van der Waals surface area contributed by atoms with Crippen LogP contribution in [-0.2, 0) is 0 Å². The third kappa shape index (κ3) is 3.99. The van der Waals surface area contributed by atoms with Crippen LogP contribution in [0.2, 0.25) is 0 Å². The maximum atomic E-state index is 2.58. The van der Waals surface area contributed by atoms with Gasteiger partial charge in [0.25, 0.3) is 0 Å². The third-order valence-corrected chi connectivity index (χ3v) is 20.2. The Bertz CT molecular complexity index is 1890. The monoisotopic (exact) mass is 791 g/mol. The van der Waals surface area contributed by atoms with Crippen LogP contribution in [0.25, 0.3) is 0 Å². The predicted octanol–water partition coefficient (Wildman–Crippen LogP) is 9.40. The second kappa shape index (κ2) is 10.0. The molecule has 3 aliphatic rings. The molecule has 0 N–H and O–H groups in total. The maximum absolute atomic E-state index is 2.88. The van der Waals surface area contributed by atoms with Gasteiger partial charge in [0.15, 0.2) is 0 Å². The summed E-state index contributed by atoms with van der Waals surface area (Å²) in [5.74, 6) is 0. The summed E-state index contributed by atoms with van der Waals surface area (Å²) in [6.07, 6.45) is 0. The second-order valence-electron chi connectivity index (χ2n) is 13.3. The van der Waals surface area contributed by atoms with Crippen LogP contribution in [-0.4, -0.2) is 21.8 Å². The molecule has 0 amide bonds. The van der Waals surface area contributed by atoms with E-state index in [0.717, 1.165) is 0 Å². The van der Waals surface area contributed by atoms with Crippen molar-refractivity contribution in [3.8, 4) is 0 Å². The van der Waals surface area contributed by atoms with Crippen LogP contribution >= 0.6 is 0 Å². The van der Waals surface area contributed by atoms with Crippen molar-refractivity contribution in [2.45, 2.75) is 41.5 Å². The molecular weight excluding hydrogens is 755 g/mol. The van der Waals surface area contributed by atoms with Crippen molar-refractivity contribution < 1.29 is 0 Å². The van der Waals surface area contributed by atoms with Crippen LogP contribution in [0.3, 0.4) is 0 Å². The molecule has 0 unspecified atom stereocenters. The Labute approximate surface area is 280 Å². The molecule has 0 atom stereocenters. The van der Waals surface area contributed by atoms with Gasteiger partial charge in [-0.05, 0) is 0 Å². The first-order valence-electron chi connectivity index (χ1n) is 16.1. The molecule has 6 aromatic carbocycles. The molecule has 0 radical (unpaired) electrons. The Hall–Kier alpha value is -4.40. The average molecular weight is 792 g/mol. The van der Waals surface area contributed by atoms with Gasteiger partial charge in [-0.15, -0.1) is 0 Å². The van der Waals surface area contributed by atoms with E-state index in [4.69, 9.17) is 0 Å². The third-order valence-electron chi connectivity index (χ3n) is 9.63. The molecule has 9 rings (SSSR count). The van der Waals surface area contributed by atoms with E-state index >= 15 is 0 Å². The molecule has 4 heteroatoms. The van der Waals surface area contributed by atoms with Gasteiger partial charge in [0, 0.05) is 0 Å². The van der Waals surface area contributed by atoms with E-state index in [-0.39, 0.29) is 0 Å². The minimum absolute atomic E-state index is 1.22.